The molecule has 92 valence electrons. The molecule has 0 atom stereocenters. The molecule has 2 aromatic rings. The summed E-state index contributed by atoms with van der Waals surface area (Å²) in [6, 6.07) is 8.38. The summed E-state index contributed by atoms with van der Waals surface area (Å²) in [6.07, 6.45) is 1.74. The first-order valence-electron chi connectivity index (χ1n) is 5.59. The van der Waals surface area contributed by atoms with Crippen LogP contribution < -0.4 is 5.32 Å². The third kappa shape index (κ3) is 2.23. The van der Waals surface area contributed by atoms with Crippen molar-refractivity contribution in [2.75, 3.05) is 0 Å². The Bertz CT molecular complexity index is 574. The molecule has 6 heteroatoms. The molecule has 0 saturated carbocycles. The van der Waals surface area contributed by atoms with Crippen LogP contribution in [-0.2, 0) is 12.8 Å². The Morgan fingerprint density at radius 1 is 1.28 bits per heavy atom. The Morgan fingerprint density at radius 3 is 2.50 bits per heavy atom. The molecule has 0 radical (unpaired) electrons. The van der Waals surface area contributed by atoms with Crippen LogP contribution in [0.1, 0.15) is 20.9 Å². The summed E-state index contributed by atoms with van der Waals surface area (Å²) in [7, 11) is 0. The number of nitrogens with one attached hydrogen (secondary N) is 1. The van der Waals surface area contributed by atoms with E-state index in [9.17, 15) is 4.79 Å². The van der Waals surface area contributed by atoms with E-state index in [-0.39, 0.29) is 16.4 Å². The average molecular weight is 280 g/mol. The summed E-state index contributed by atoms with van der Waals surface area (Å²) in [6.45, 7) is 0. The van der Waals surface area contributed by atoms with Gasteiger partial charge in [-0.1, -0.05) is 35.6 Å². The Kier molecular flexibility index (Phi) is 3.01. The van der Waals surface area contributed by atoms with Crippen LogP contribution >= 0.6 is 22.9 Å². The molecule has 0 spiro atoms. The lowest BCUT2D eigenvalue weighted by Crippen LogP contribution is -2.35. The van der Waals surface area contributed by atoms with E-state index in [2.05, 4.69) is 27.6 Å². The van der Waals surface area contributed by atoms with E-state index in [1.807, 2.05) is 12.1 Å². The molecule has 0 aliphatic heterocycles. The maximum atomic E-state index is 11.9. The van der Waals surface area contributed by atoms with Crippen LogP contribution in [0.25, 0.3) is 0 Å². The van der Waals surface area contributed by atoms with Crippen LogP contribution in [-0.4, -0.2) is 22.1 Å². The normalized spacial score (nSPS) is 14.5. The number of aromatic nitrogens is 2. The molecular weight excluding hydrogens is 270 g/mol. The molecule has 1 heterocycles. The first-order valence-corrected chi connectivity index (χ1v) is 6.78. The summed E-state index contributed by atoms with van der Waals surface area (Å²) in [5, 5.41) is 10.6. The minimum Gasteiger partial charge on any atom is -0.347 e. The van der Waals surface area contributed by atoms with Crippen molar-refractivity contribution in [3.63, 3.8) is 0 Å². The van der Waals surface area contributed by atoms with Gasteiger partial charge in [-0.25, -0.2) is 0 Å². The summed E-state index contributed by atoms with van der Waals surface area (Å²) in [4.78, 5) is 11.9. The zero-order valence-corrected chi connectivity index (χ0v) is 11.0. The molecule has 0 fully saturated rings. The number of carbonyl (C=O) groups is 1. The van der Waals surface area contributed by atoms with E-state index in [0.717, 1.165) is 24.2 Å². The van der Waals surface area contributed by atoms with Gasteiger partial charge in [-0.15, -0.1) is 10.2 Å². The van der Waals surface area contributed by atoms with Crippen molar-refractivity contribution in [2.45, 2.75) is 18.9 Å². The van der Waals surface area contributed by atoms with Crippen molar-refractivity contribution in [1.82, 2.24) is 15.5 Å². The molecule has 0 bridgehead atoms. The van der Waals surface area contributed by atoms with Crippen molar-refractivity contribution < 1.29 is 4.79 Å². The second-order valence-corrected chi connectivity index (χ2v) is 5.77. The van der Waals surface area contributed by atoms with Crippen molar-refractivity contribution in [2.24, 2.45) is 0 Å². The Balaban J connectivity index is 1.68. The molecule has 1 amide bonds. The van der Waals surface area contributed by atoms with Crippen molar-refractivity contribution in [3.8, 4) is 0 Å². The maximum Gasteiger partial charge on any atom is 0.282 e. The second kappa shape index (κ2) is 4.66. The third-order valence-electron chi connectivity index (χ3n) is 2.98. The lowest BCUT2D eigenvalue weighted by atomic mass is 10.1. The van der Waals surface area contributed by atoms with Gasteiger partial charge in [0.05, 0.1) is 0 Å². The SMILES string of the molecule is O=C(NC1Cc2ccccc2C1)c1nnc(Cl)s1. The highest BCUT2D eigenvalue weighted by molar-refractivity contribution is 7.17. The quantitative estimate of drug-likeness (QED) is 0.916. The van der Waals surface area contributed by atoms with E-state index in [1.54, 1.807) is 0 Å². The number of fused-ring (bicyclic) bond motifs is 1. The van der Waals surface area contributed by atoms with Gasteiger partial charge in [-0.2, -0.15) is 0 Å². The van der Waals surface area contributed by atoms with Crippen LogP contribution in [0, 0.1) is 0 Å². The highest BCUT2D eigenvalue weighted by Gasteiger charge is 2.24. The van der Waals surface area contributed by atoms with Crippen LogP contribution in [0.5, 0.6) is 0 Å². The van der Waals surface area contributed by atoms with Crippen molar-refractivity contribution in [1.29, 1.82) is 0 Å². The molecule has 1 aromatic heterocycles. The zero-order valence-electron chi connectivity index (χ0n) is 9.39. The fraction of sp³-hybridized carbons (Fsp3) is 0.250. The topological polar surface area (TPSA) is 54.9 Å². The van der Waals surface area contributed by atoms with Crippen LogP contribution in [0.3, 0.4) is 0 Å². The Morgan fingerprint density at radius 2 is 1.94 bits per heavy atom. The predicted octanol–water partition coefficient (Wildman–Crippen LogP) is 2.09. The van der Waals surface area contributed by atoms with E-state index < -0.39 is 0 Å². The first-order chi connectivity index (χ1) is 8.72. The molecule has 1 aliphatic carbocycles. The standard InChI is InChI=1S/C12H10ClN3OS/c13-12-16-15-11(18-12)10(17)14-9-5-7-3-1-2-4-8(7)6-9/h1-4,9H,5-6H2,(H,14,17). The molecule has 4 nitrogen and oxygen atoms in total. The van der Waals surface area contributed by atoms with E-state index >= 15 is 0 Å². The largest absolute Gasteiger partial charge is 0.347 e. The first kappa shape index (κ1) is 11.6. The van der Waals surface area contributed by atoms with Crippen LogP contribution in [0.15, 0.2) is 24.3 Å². The minimum atomic E-state index is -0.197. The number of hydrogen-bond donors (Lipinski definition) is 1. The van der Waals surface area contributed by atoms with E-state index in [4.69, 9.17) is 11.6 Å². The summed E-state index contributed by atoms with van der Waals surface area (Å²) < 4.78 is 0.287. The molecule has 0 saturated heterocycles. The fourth-order valence-electron chi connectivity index (χ4n) is 2.21. The molecular formula is C12H10ClN3OS. The van der Waals surface area contributed by atoms with Gasteiger partial charge in [-0.3, -0.25) is 4.79 Å². The number of carbonyl (C=O) groups excluding carboxylic acids is 1. The number of rotatable bonds is 2. The number of benzene rings is 1. The second-order valence-electron chi connectivity index (χ2n) is 4.21. The van der Waals surface area contributed by atoms with Gasteiger partial charge in [0, 0.05) is 6.04 Å². The maximum absolute atomic E-state index is 11.9. The molecule has 3 rings (SSSR count). The average Bonchev–Trinajstić information content (AvgIpc) is 2.94. The highest BCUT2D eigenvalue weighted by Crippen LogP contribution is 2.22. The molecule has 1 N–H and O–H groups in total. The van der Waals surface area contributed by atoms with Crippen molar-refractivity contribution in [3.05, 3.63) is 44.9 Å². The number of nitrogens with zero attached hydrogens (tertiary/aromatic N) is 2. The van der Waals surface area contributed by atoms with Gasteiger partial charge >= 0.3 is 0 Å². The summed E-state index contributed by atoms with van der Waals surface area (Å²) >= 11 is 6.75. The van der Waals surface area contributed by atoms with Gasteiger partial charge in [0.1, 0.15) is 0 Å². The smallest absolute Gasteiger partial charge is 0.282 e. The Labute approximate surface area is 113 Å². The highest BCUT2D eigenvalue weighted by atomic mass is 35.5. The number of halogens is 1. The number of amides is 1. The number of hydrogen-bond acceptors (Lipinski definition) is 4. The van der Waals surface area contributed by atoms with Crippen LogP contribution in [0.4, 0.5) is 0 Å². The molecule has 1 aliphatic rings. The summed E-state index contributed by atoms with van der Waals surface area (Å²) in [5.41, 5.74) is 2.61. The van der Waals surface area contributed by atoms with E-state index in [0.29, 0.717) is 5.01 Å². The minimum absolute atomic E-state index is 0.137. The van der Waals surface area contributed by atoms with Gasteiger partial charge < -0.3 is 5.32 Å². The zero-order chi connectivity index (χ0) is 12.5. The monoisotopic (exact) mass is 279 g/mol. The Hall–Kier alpha value is -1.46. The molecule has 1 aromatic carbocycles. The van der Waals surface area contributed by atoms with Gasteiger partial charge in [0.15, 0.2) is 0 Å². The lowest BCUT2D eigenvalue weighted by molar-refractivity contribution is 0.0937. The lowest BCUT2D eigenvalue weighted by Gasteiger charge is -2.09. The van der Waals surface area contributed by atoms with Gasteiger partial charge in [0.2, 0.25) is 9.47 Å². The van der Waals surface area contributed by atoms with Crippen LogP contribution in [0.2, 0.25) is 4.47 Å². The third-order valence-corrected chi connectivity index (χ3v) is 4.00. The van der Waals surface area contributed by atoms with E-state index in [1.165, 1.54) is 11.1 Å². The van der Waals surface area contributed by atoms with Crippen molar-refractivity contribution >= 4 is 28.8 Å². The predicted molar refractivity (Wildman–Crippen MR) is 70.0 cm³/mol. The van der Waals surface area contributed by atoms with Gasteiger partial charge in [-0.05, 0) is 35.6 Å². The molecule has 18 heavy (non-hydrogen) atoms. The fourth-order valence-corrected chi connectivity index (χ4v) is 2.94. The van der Waals surface area contributed by atoms with Gasteiger partial charge in [0.25, 0.3) is 5.91 Å². The summed E-state index contributed by atoms with van der Waals surface area (Å²) in [5.74, 6) is -0.197. The molecule has 0 unspecified atom stereocenters.